The van der Waals surface area contributed by atoms with Crippen molar-refractivity contribution in [3.8, 4) is 0 Å². The third-order valence-electron chi connectivity index (χ3n) is 3.69. The molecule has 0 fully saturated rings. The summed E-state index contributed by atoms with van der Waals surface area (Å²) in [7, 11) is 0. The van der Waals surface area contributed by atoms with E-state index in [-0.39, 0.29) is 23.0 Å². The number of aromatic nitrogens is 2. The van der Waals surface area contributed by atoms with Crippen molar-refractivity contribution in [2.75, 3.05) is 16.4 Å². The van der Waals surface area contributed by atoms with E-state index in [1.165, 1.54) is 30.0 Å². The summed E-state index contributed by atoms with van der Waals surface area (Å²) in [6, 6.07) is 16.4. The first kappa shape index (κ1) is 19.5. The van der Waals surface area contributed by atoms with Crippen LogP contribution in [0.5, 0.6) is 0 Å². The van der Waals surface area contributed by atoms with Crippen LogP contribution in [0.4, 0.5) is 15.9 Å². The van der Waals surface area contributed by atoms with Crippen LogP contribution >= 0.6 is 11.8 Å². The lowest BCUT2D eigenvalue weighted by Crippen LogP contribution is -2.15. The van der Waals surface area contributed by atoms with Gasteiger partial charge in [-0.25, -0.2) is 4.39 Å². The van der Waals surface area contributed by atoms with E-state index in [0.717, 1.165) is 11.3 Å². The molecule has 0 aliphatic heterocycles. The van der Waals surface area contributed by atoms with Crippen molar-refractivity contribution in [2.45, 2.75) is 11.9 Å². The number of anilines is 2. The van der Waals surface area contributed by atoms with Gasteiger partial charge in [-0.3, -0.25) is 9.59 Å². The van der Waals surface area contributed by atoms with Crippen molar-refractivity contribution in [1.29, 1.82) is 0 Å². The number of hydrogen-bond donors (Lipinski definition) is 2. The molecular formula is C20H17FN4O2S. The highest BCUT2D eigenvalue weighted by Crippen LogP contribution is 2.17. The molecule has 3 aromatic rings. The third kappa shape index (κ3) is 5.37. The molecule has 2 aromatic carbocycles. The SMILES string of the molecule is Cc1ccc(NC(=O)CSc2ccc(NC(=O)c3ccccc3F)nn2)cc1. The Morgan fingerprint density at radius 1 is 0.964 bits per heavy atom. The van der Waals surface area contributed by atoms with Crippen molar-refractivity contribution >= 4 is 35.1 Å². The number of aryl methyl sites for hydroxylation is 1. The number of nitrogens with zero attached hydrogens (tertiary/aromatic N) is 2. The number of hydrogen-bond acceptors (Lipinski definition) is 5. The second kappa shape index (κ2) is 9.09. The first-order valence-corrected chi connectivity index (χ1v) is 9.39. The highest BCUT2D eigenvalue weighted by atomic mass is 32.2. The van der Waals surface area contributed by atoms with Gasteiger partial charge < -0.3 is 10.6 Å². The summed E-state index contributed by atoms with van der Waals surface area (Å²) in [6.07, 6.45) is 0. The van der Waals surface area contributed by atoms with Crippen molar-refractivity contribution in [1.82, 2.24) is 10.2 Å². The number of carbonyl (C=O) groups is 2. The molecule has 0 atom stereocenters. The van der Waals surface area contributed by atoms with E-state index >= 15 is 0 Å². The molecule has 2 amide bonds. The van der Waals surface area contributed by atoms with Crippen molar-refractivity contribution in [2.24, 2.45) is 0 Å². The quantitative estimate of drug-likeness (QED) is 0.617. The molecule has 0 saturated carbocycles. The van der Waals surface area contributed by atoms with Gasteiger partial charge in [-0.05, 0) is 43.3 Å². The first-order valence-electron chi connectivity index (χ1n) is 8.40. The topological polar surface area (TPSA) is 84.0 Å². The zero-order valence-electron chi connectivity index (χ0n) is 15.0. The minimum absolute atomic E-state index is 0.0736. The Balaban J connectivity index is 1.51. The summed E-state index contributed by atoms with van der Waals surface area (Å²) in [6.45, 7) is 1.97. The van der Waals surface area contributed by atoms with Crippen LogP contribution in [0.1, 0.15) is 15.9 Å². The van der Waals surface area contributed by atoms with Gasteiger partial charge in [0.25, 0.3) is 5.91 Å². The molecule has 28 heavy (non-hydrogen) atoms. The Bertz CT molecular complexity index is 978. The third-order valence-corrected chi connectivity index (χ3v) is 4.61. The normalized spacial score (nSPS) is 10.4. The lowest BCUT2D eigenvalue weighted by Gasteiger charge is -2.06. The molecule has 0 spiro atoms. The van der Waals surface area contributed by atoms with Gasteiger partial charge in [0.2, 0.25) is 5.91 Å². The van der Waals surface area contributed by atoms with Crippen LogP contribution < -0.4 is 10.6 Å². The lowest BCUT2D eigenvalue weighted by molar-refractivity contribution is -0.113. The van der Waals surface area contributed by atoms with Gasteiger partial charge in [0.15, 0.2) is 5.82 Å². The van der Waals surface area contributed by atoms with Gasteiger partial charge >= 0.3 is 0 Å². The predicted octanol–water partition coefficient (Wildman–Crippen LogP) is 3.91. The number of amides is 2. The fourth-order valence-corrected chi connectivity index (χ4v) is 2.88. The molecule has 0 aliphatic carbocycles. The summed E-state index contributed by atoms with van der Waals surface area (Å²) in [4.78, 5) is 24.1. The van der Waals surface area contributed by atoms with E-state index in [2.05, 4.69) is 20.8 Å². The molecule has 0 saturated heterocycles. The van der Waals surface area contributed by atoms with Crippen LogP contribution in [0.15, 0.2) is 65.7 Å². The van der Waals surface area contributed by atoms with E-state index in [9.17, 15) is 14.0 Å². The van der Waals surface area contributed by atoms with Crippen LogP contribution in [0.3, 0.4) is 0 Å². The molecule has 0 unspecified atom stereocenters. The van der Waals surface area contributed by atoms with E-state index in [4.69, 9.17) is 0 Å². The zero-order chi connectivity index (χ0) is 19.9. The standard InChI is InChI=1S/C20H17FN4O2S/c1-13-6-8-14(9-7-13)22-18(26)12-28-19-11-10-17(24-25-19)23-20(27)15-4-2-3-5-16(15)21/h2-11H,12H2,1H3,(H,22,26)(H,23,24,27). The Kier molecular flexibility index (Phi) is 6.33. The number of carbonyl (C=O) groups excluding carboxylic acids is 2. The van der Waals surface area contributed by atoms with Gasteiger partial charge in [-0.2, -0.15) is 0 Å². The molecule has 2 N–H and O–H groups in total. The Labute approximate surface area is 165 Å². The molecule has 1 heterocycles. The molecule has 1 aromatic heterocycles. The van der Waals surface area contributed by atoms with E-state index in [0.29, 0.717) is 5.03 Å². The van der Waals surface area contributed by atoms with Crippen LogP contribution in [0.25, 0.3) is 0 Å². The summed E-state index contributed by atoms with van der Waals surface area (Å²) in [5.74, 6) is -1.01. The molecule has 3 rings (SSSR count). The molecule has 0 bridgehead atoms. The van der Waals surface area contributed by atoms with E-state index < -0.39 is 11.7 Å². The average Bonchev–Trinajstić information content (AvgIpc) is 2.69. The number of nitrogens with one attached hydrogen (secondary N) is 2. The molecule has 0 aliphatic rings. The summed E-state index contributed by atoms with van der Waals surface area (Å²) in [5, 5.41) is 13.7. The van der Waals surface area contributed by atoms with Gasteiger partial charge in [-0.15, -0.1) is 10.2 Å². The summed E-state index contributed by atoms with van der Waals surface area (Å²) in [5.41, 5.74) is 1.77. The monoisotopic (exact) mass is 396 g/mol. The van der Waals surface area contributed by atoms with Gasteiger partial charge in [0, 0.05) is 5.69 Å². The van der Waals surface area contributed by atoms with Crippen LogP contribution in [-0.4, -0.2) is 27.8 Å². The molecular weight excluding hydrogens is 379 g/mol. The maximum absolute atomic E-state index is 13.6. The number of halogens is 1. The Morgan fingerprint density at radius 2 is 1.71 bits per heavy atom. The van der Waals surface area contributed by atoms with Crippen LogP contribution in [0.2, 0.25) is 0 Å². The number of thioether (sulfide) groups is 1. The van der Waals surface area contributed by atoms with E-state index in [1.807, 2.05) is 31.2 Å². The van der Waals surface area contributed by atoms with Crippen LogP contribution in [0, 0.1) is 12.7 Å². The highest BCUT2D eigenvalue weighted by molar-refractivity contribution is 7.99. The van der Waals surface area contributed by atoms with Crippen molar-refractivity contribution < 1.29 is 14.0 Å². The zero-order valence-corrected chi connectivity index (χ0v) is 15.8. The van der Waals surface area contributed by atoms with Crippen LogP contribution in [-0.2, 0) is 4.79 Å². The van der Waals surface area contributed by atoms with E-state index in [1.54, 1.807) is 18.2 Å². The van der Waals surface area contributed by atoms with Crippen molar-refractivity contribution in [3.63, 3.8) is 0 Å². The lowest BCUT2D eigenvalue weighted by atomic mass is 10.2. The van der Waals surface area contributed by atoms with Gasteiger partial charge in [0.05, 0.1) is 11.3 Å². The molecule has 0 radical (unpaired) electrons. The Morgan fingerprint density at radius 3 is 2.39 bits per heavy atom. The predicted molar refractivity (Wildman–Crippen MR) is 107 cm³/mol. The summed E-state index contributed by atoms with van der Waals surface area (Å²) < 4.78 is 13.6. The minimum atomic E-state index is -0.611. The maximum Gasteiger partial charge on any atom is 0.259 e. The highest BCUT2D eigenvalue weighted by Gasteiger charge is 2.12. The average molecular weight is 396 g/mol. The maximum atomic E-state index is 13.6. The second-order valence-corrected chi connectivity index (χ2v) is 6.89. The smallest absolute Gasteiger partial charge is 0.259 e. The fraction of sp³-hybridized carbons (Fsp3) is 0.100. The fourth-order valence-electron chi connectivity index (χ4n) is 2.27. The molecule has 6 nitrogen and oxygen atoms in total. The summed E-state index contributed by atoms with van der Waals surface area (Å²) >= 11 is 1.22. The largest absolute Gasteiger partial charge is 0.325 e. The minimum Gasteiger partial charge on any atom is -0.325 e. The Hall–Kier alpha value is -3.26. The van der Waals surface area contributed by atoms with Gasteiger partial charge in [0.1, 0.15) is 10.8 Å². The molecule has 142 valence electrons. The van der Waals surface area contributed by atoms with Crippen molar-refractivity contribution in [3.05, 3.63) is 77.6 Å². The first-order chi connectivity index (χ1) is 13.5. The molecule has 8 heteroatoms. The van der Waals surface area contributed by atoms with Gasteiger partial charge in [-0.1, -0.05) is 41.6 Å². The number of benzene rings is 2. The second-order valence-electron chi connectivity index (χ2n) is 5.89. The number of rotatable bonds is 6.